The van der Waals surface area contributed by atoms with Crippen molar-refractivity contribution in [2.75, 3.05) is 0 Å². The smallest absolute Gasteiger partial charge is 0.235 e. The second-order valence-corrected chi connectivity index (χ2v) is 13.8. The van der Waals surface area contributed by atoms with Crippen molar-refractivity contribution in [1.82, 2.24) is 14.5 Å². The molecule has 49 heavy (non-hydrogen) atoms. The van der Waals surface area contributed by atoms with Crippen molar-refractivity contribution < 1.29 is 4.42 Å². The van der Waals surface area contributed by atoms with Crippen LogP contribution in [0.2, 0.25) is 0 Å². The lowest BCUT2D eigenvalue weighted by Gasteiger charge is -2.23. The molecule has 4 nitrogen and oxygen atoms in total. The average molecular weight is 628 g/mol. The van der Waals surface area contributed by atoms with E-state index in [1.807, 2.05) is 6.07 Å². The van der Waals surface area contributed by atoms with Gasteiger partial charge in [-0.1, -0.05) is 129 Å². The molecular weight excluding hydrogens is 599 g/mol. The lowest BCUT2D eigenvalue weighted by Crippen LogP contribution is -2.17. The number of rotatable bonds is 2. The molecule has 1 aliphatic rings. The highest BCUT2D eigenvalue weighted by Crippen LogP contribution is 2.53. The predicted molar refractivity (Wildman–Crippen MR) is 202 cm³/mol. The van der Waals surface area contributed by atoms with Gasteiger partial charge in [-0.2, -0.15) is 0 Å². The minimum Gasteiger partial charge on any atom is -0.454 e. The van der Waals surface area contributed by atoms with Gasteiger partial charge in [0.25, 0.3) is 0 Å². The molecule has 0 fully saturated rings. The van der Waals surface area contributed by atoms with Crippen molar-refractivity contribution in [2.24, 2.45) is 0 Å². The maximum Gasteiger partial charge on any atom is 0.235 e. The zero-order valence-corrected chi connectivity index (χ0v) is 27.0. The molecule has 0 unspecified atom stereocenters. The topological polar surface area (TPSA) is 43.9 Å². The fraction of sp³-hybridized carbons (Fsp3) is 0.0667. The number of para-hydroxylation sites is 2. The quantitative estimate of drug-likeness (QED) is 0.192. The van der Waals surface area contributed by atoms with E-state index in [0.29, 0.717) is 5.95 Å². The monoisotopic (exact) mass is 627 g/mol. The molecular formula is C45H29N3O. The molecule has 10 aromatic rings. The maximum atomic E-state index is 6.76. The van der Waals surface area contributed by atoms with Gasteiger partial charge >= 0.3 is 0 Å². The Morgan fingerprint density at radius 3 is 2.18 bits per heavy atom. The standard InChI is InChI=1S/C45H29N3O/c1-45(2)36-16-8-5-13-29(36)31-21-22-32-33-23-24-34-30-14-7-10-18-38(30)49-43(34)42(33)48(41(32)39(31)45)44-46-37-17-9-6-15-35(37)40(47-44)28-20-19-26-11-3-4-12-27(26)25-28/h3-25H,1-2H3. The minimum atomic E-state index is -0.247. The van der Waals surface area contributed by atoms with Crippen LogP contribution in [0.15, 0.2) is 144 Å². The maximum absolute atomic E-state index is 6.76. The Morgan fingerprint density at radius 2 is 1.27 bits per heavy atom. The Labute approximate surface area is 281 Å². The first kappa shape index (κ1) is 26.8. The molecule has 0 N–H and O–H groups in total. The first-order valence-electron chi connectivity index (χ1n) is 16.8. The van der Waals surface area contributed by atoms with Gasteiger partial charge in [-0.25, -0.2) is 9.97 Å². The fourth-order valence-electron chi connectivity index (χ4n) is 8.54. The van der Waals surface area contributed by atoms with Crippen LogP contribution in [-0.2, 0) is 5.41 Å². The Kier molecular flexibility index (Phi) is 5.15. The third-order valence-corrected chi connectivity index (χ3v) is 10.8. The summed E-state index contributed by atoms with van der Waals surface area (Å²) in [7, 11) is 0. The number of benzene rings is 7. The van der Waals surface area contributed by atoms with E-state index in [-0.39, 0.29) is 5.41 Å². The van der Waals surface area contributed by atoms with Crippen LogP contribution in [0.3, 0.4) is 0 Å². The first-order chi connectivity index (χ1) is 24.1. The van der Waals surface area contributed by atoms with E-state index < -0.39 is 0 Å². The summed E-state index contributed by atoms with van der Waals surface area (Å²) in [5.41, 5.74) is 11.6. The molecule has 230 valence electrons. The van der Waals surface area contributed by atoms with Crippen molar-refractivity contribution in [1.29, 1.82) is 0 Å². The van der Waals surface area contributed by atoms with Crippen molar-refractivity contribution >= 4 is 65.4 Å². The summed E-state index contributed by atoms with van der Waals surface area (Å²) in [6, 6.07) is 49.6. The number of hydrogen-bond donors (Lipinski definition) is 0. The molecule has 4 heteroatoms. The van der Waals surface area contributed by atoms with Gasteiger partial charge in [-0.15, -0.1) is 0 Å². The highest BCUT2D eigenvalue weighted by atomic mass is 16.3. The van der Waals surface area contributed by atoms with E-state index >= 15 is 0 Å². The summed E-state index contributed by atoms with van der Waals surface area (Å²) < 4.78 is 9.07. The van der Waals surface area contributed by atoms with Crippen molar-refractivity contribution in [3.63, 3.8) is 0 Å². The number of furan rings is 1. The summed E-state index contributed by atoms with van der Waals surface area (Å²) >= 11 is 0. The van der Waals surface area contributed by atoms with Crippen LogP contribution in [0, 0.1) is 0 Å². The van der Waals surface area contributed by atoms with E-state index in [1.165, 1.54) is 38.4 Å². The van der Waals surface area contributed by atoms with E-state index in [9.17, 15) is 0 Å². The summed E-state index contributed by atoms with van der Waals surface area (Å²) in [5, 5.41) is 7.89. The summed E-state index contributed by atoms with van der Waals surface area (Å²) in [6.07, 6.45) is 0. The van der Waals surface area contributed by atoms with Crippen LogP contribution < -0.4 is 0 Å². The molecule has 0 radical (unpaired) electrons. The van der Waals surface area contributed by atoms with Crippen molar-refractivity contribution in [2.45, 2.75) is 19.3 Å². The third-order valence-electron chi connectivity index (χ3n) is 10.8. The van der Waals surface area contributed by atoms with Crippen LogP contribution in [0.25, 0.3) is 93.8 Å². The van der Waals surface area contributed by atoms with Gasteiger partial charge in [0.1, 0.15) is 11.1 Å². The normalized spacial score (nSPS) is 13.7. The van der Waals surface area contributed by atoms with Gasteiger partial charge in [-0.3, -0.25) is 4.57 Å². The Hall–Kier alpha value is -6.26. The number of nitrogens with zero attached hydrogens (tertiary/aromatic N) is 3. The minimum absolute atomic E-state index is 0.247. The van der Waals surface area contributed by atoms with Gasteiger partial charge in [0, 0.05) is 37.9 Å². The van der Waals surface area contributed by atoms with Gasteiger partial charge in [-0.05, 0) is 57.3 Å². The zero-order valence-electron chi connectivity index (χ0n) is 27.0. The fourth-order valence-corrected chi connectivity index (χ4v) is 8.54. The number of aromatic nitrogens is 3. The van der Waals surface area contributed by atoms with Crippen LogP contribution in [-0.4, -0.2) is 14.5 Å². The third kappa shape index (κ3) is 3.53. The highest BCUT2D eigenvalue weighted by molar-refractivity contribution is 6.22. The van der Waals surface area contributed by atoms with E-state index in [1.54, 1.807) is 0 Å². The molecule has 7 aromatic carbocycles. The molecule has 0 aliphatic heterocycles. The van der Waals surface area contributed by atoms with Crippen LogP contribution in [0.1, 0.15) is 25.0 Å². The van der Waals surface area contributed by atoms with Crippen LogP contribution in [0.5, 0.6) is 0 Å². The molecule has 3 heterocycles. The first-order valence-corrected chi connectivity index (χ1v) is 16.8. The molecule has 0 bridgehead atoms. The summed E-state index contributed by atoms with van der Waals surface area (Å²) in [6.45, 7) is 4.69. The molecule has 0 saturated carbocycles. The molecule has 0 atom stereocenters. The molecule has 11 rings (SSSR count). The summed E-state index contributed by atoms with van der Waals surface area (Å²) in [4.78, 5) is 10.9. The Balaban J connectivity index is 1.33. The summed E-state index contributed by atoms with van der Waals surface area (Å²) in [5.74, 6) is 0.634. The van der Waals surface area contributed by atoms with Gasteiger partial charge in [0.15, 0.2) is 5.58 Å². The van der Waals surface area contributed by atoms with Gasteiger partial charge < -0.3 is 4.42 Å². The largest absolute Gasteiger partial charge is 0.454 e. The Bertz CT molecular complexity index is 3030. The molecule has 0 spiro atoms. The van der Waals surface area contributed by atoms with E-state index in [4.69, 9.17) is 14.4 Å². The molecule has 3 aromatic heterocycles. The second kappa shape index (κ2) is 9.42. The van der Waals surface area contributed by atoms with Crippen molar-refractivity contribution in [3.05, 3.63) is 151 Å². The zero-order chi connectivity index (χ0) is 32.4. The average Bonchev–Trinajstić information content (AvgIpc) is 3.77. The van der Waals surface area contributed by atoms with Gasteiger partial charge in [0.2, 0.25) is 5.95 Å². The molecule has 1 aliphatic carbocycles. The Morgan fingerprint density at radius 1 is 0.551 bits per heavy atom. The SMILES string of the molecule is CC1(C)c2ccccc2-c2ccc3c4ccc5c6ccccc6oc5c4n(-c4nc(-c5ccc6ccccc6c5)c5ccccc5n4)c3c21. The number of fused-ring (bicyclic) bond motifs is 13. The van der Waals surface area contributed by atoms with Crippen LogP contribution >= 0.6 is 0 Å². The van der Waals surface area contributed by atoms with Crippen molar-refractivity contribution in [3.8, 4) is 28.3 Å². The highest BCUT2D eigenvalue weighted by Gasteiger charge is 2.39. The molecule has 0 amide bonds. The van der Waals surface area contributed by atoms with E-state index in [0.717, 1.165) is 60.5 Å². The predicted octanol–water partition coefficient (Wildman–Crippen LogP) is 11.8. The lowest BCUT2D eigenvalue weighted by atomic mass is 9.81. The van der Waals surface area contributed by atoms with E-state index in [2.05, 4.69) is 152 Å². The number of hydrogen-bond acceptors (Lipinski definition) is 3. The lowest BCUT2D eigenvalue weighted by molar-refractivity contribution is 0.662. The van der Waals surface area contributed by atoms with Gasteiger partial charge in [0.05, 0.1) is 16.7 Å². The van der Waals surface area contributed by atoms with Crippen LogP contribution in [0.4, 0.5) is 0 Å². The molecule has 0 saturated heterocycles. The second-order valence-electron chi connectivity index (χ2n) is 13.8.